The maximum absolute atomic E-state index is 11.4. The molecular formula is C10H13NO2. The van der Waals surface area contributed by atoms with Crippen molar-refractivity contribution in [3.05, 3.63) is 29.1 Å². The van der Waals surface area contributed by atoms with Gasteiger partial charge in [0.1, 0.15) is 0 Å². The zero-order chi connectivity index (χ0) is 9.84. The first kappa shape index (κ1) is 9.71. The van der Waals surface area contributed by atoms with Crippen LogP contribution in [0.5, 0.6) is 0 Å². The van der Waals surface area contributed by atoms with Crippen LogP contribution in [0.4, 0.5) is 0 Å². The number of aryl methyl sites for hydroxylation is 2. The van der Waals surface area contributed by atoms with Gasteiger partial charge >= 0.3 is 5.97 Å². The van der Waals surface area contributed by atoms with E-state index in [-0.39, 0.29) is 5.97 Å². The van der Waals surface area contributed by atoms with Crippen LogP contribution in [-0.4, -0.2) is 17.6 Å². The van der Waals surface area contributed by atoms with E-state index in [9.17, 15) is 4.79 Å². The molecule has 0 saturated heterocycles. The summed E-state index contributed by atoms with van der Waals surface area (Å²) < 4.78 is 4.90. The minimum Gasteiger partial charge on any atom is -0.462 e. The third-order valence-corrected chi connectivity index (χ3v) is 1.74. The van der Waals surface area contributed by atoms with Crippen molar-refractivity contribution >= 4 is 5.97 Å². The number of nitrogens with zero attached hydrogens (tertiary/aromatic N) is 1. The van der Waals surface area contributed by atoms with E-state index in [1.165, 1.54) is 0 Å². The van der Waals surface area contributed by atoms with Gasteiger partial charge in [-0.3, -0.25) is 4.98 Å². The Kier molecular flexibility index (Phi) is 3.01. The van der Waals surface area contributed by atoms with Gasteiger partial charge in [-0.1, -0.05) is 0 Å². The number of carbonyl (C=O) groups excluding carboxylic acids is 1. The van der Waals surface area contributed by atoms with Gasteiger partial charge in [-0.15, -0.1) is 0 Å². The lowest BCUT2D eigenvalue weighted by Gasteiger charge is -2.04. The highest BCUT2D eigenvalue weighted by atomic mass is 16.5. The Balaban J connectivity index is 2.99. The third-order valence-electron chi connectivity index (χ3n) is 1.74. The molecule has 0 aliphatic carbocycles. The fourth-order valence-electron chi connectivity index (χ4n) is 1.06. The van der Waals surface area contributed by atoms with Gasteiger partial charge in [-0.05, 0) is 32.4 Å². The molecule has 0 fully saturated rings. The Morgan fingerprint density at radius 1 is 1.54 bits per heavy atom. The zero-order valence-electron chi connectivity index (χ0n) is 8.13. The van der Waals surface area contributed by atoms with E-state index >= 15 is 0 Å². The van der Waals surface area contributed by atoms with Crippen molar-refractivity contribution in [1.29, 1.82) is 0 Å². The summed E-state index contributed by atoms with van der Waals surface area (Å²) in [5.41, 5.74) is 2.28. The van der Waals surface area contributed by atoms with Gasteiger partial charge < -0.3 is 4.74 Å². The molecule has 0 aliphatic heterocycles. The molecule has 13 heavy (non-hydrogen) atoms. The Morgan fingerprint density at radius 2 is 2.23 bits per heavy atom. The van der Waals surface area contributed by atoms with Crippen LogP contribution in [0.2, 0.25) is 0 Å². The SMILES string of the molecule is CCOC(=O)c1cc(C)ncc1C. The monoisotopic (exact) mass is 179 g/mol. The smallest absolute Gasteiger partial charge is 0.338 e. The Labute approximate surface area is 77.8 Å². The summed E-state index contributed by atoms with van der Waals surface area (Å²) in [6.07, 6.45) is 1.68. The van der Waals surface area contributed by atoms with Crippen LogP contribution in [0.15, 0.2) is 12.3 Å². The largest absolute Gasteiger partial charge is 0.462 e. The van der Waals surface area contributed by atoms with Crippen LogP contribution in [0.25, 0.3) is 0 Å². The fourth-order valence-corrected chi connectivity index (χ4v) is 1.06. The molecule has 3 heteroatoms. The minimum absolute atomic E-state index is 0.273. The van der Waals surface area contributed by atoms with Crippen LogP contribution in [0.1, 0.15) is 28.5 Å². The summed E-state index contributed by atoms with van der Waals surface area (Å²) in [6, 6.07) is 1.74. The van der Waals surface area contributed by atoms with Gasteiger partial charge in [0.05, 0.1) is 12.2 Å². The lowest BCUT2D eigenvalue weighted by molar-refractivity contribution is 0.0525. The van der Waals surface area contributed by atoms with Crippen LogP contribution in [0, 0.1) is 13.8 Å². The first-order valence-electron chi connectivity index (χ1n) is 4.25. The zero-order valence-corrected chi connectivity index (χ0v) is 8.13. The van der Waals surface area contributed by atoms with Crippen molar-refractivity contribution in [2.75, 3.05) is 6.61 Å². The van der Waals surface area contributed by atoms with E-state index in [4.69, 9.17) is 4.74 Å². The number of pyridine rings is 1. The van der Waals surface area contributed by atoms with Crippen molar-refractivity contribution in [2.45, 2.75) is 20.8 Å². The van der Waals surface area contributed by atoms with Crippen LogP contribution in [-0.2, 0) is 4.74 Å². The van der Waals surface area contributed by atoms with Gasteiger partial charge in [0, 0.05) is 11.9 Å². The second-order valence-corrected chi connectivity index (χ2v) is 2.86. The van der Waals surface area contributed by atoms with Crippen molar-refractivity contribution < 1.29 is 9.53 Å². The van der Waals surface area contributed by atoms with E-state index in [0.29, 0.717) is 12.2 Å². The highest BCUT2D eigenvalue weighted by Gasteiger charge is 2.09. The highest BCUT2D eigenvalue weighted by Crippen LogP contribution is 2.09. The lowest BCUT2D eigenvalue weighted by atomic mass is 10.1. The van der Waals surface area contributed by atoms with Crippen molar-refractivity contribution in [1.82, 2.24) is 4.98 Å². The standard InChI is InChI=1S/C10H13NO2/c1-4-13-10(12)9-5-8(3)11-6-7(9)2/h5-6H,4H2,1-3H3. The molecule has 3 nitrogen and oxygen atoms in total. The van der Waals surface area contributed by atoms with Crippen LogP contribution < -0.4 is 0 Å². The summed E-state index contributed by atoms with van der Waals surface area (Å²) >= 11 is 0. The molecule has 0 amide bonds. The second-order valence-electron chi connectivity index (χ2n) is 2.86. The van der Waals surface area contributed by atoms with Crippen molar-refractivity contribution in [3.8, 4) is 0 Å². The molecule has 0 aliphatic rings. The van der Waals surface area contributed by atoms with Gasteiger partial charge in [0.15, 0.2) is 0 Å². The average Bonchev–Trinajstić information content (AvgIpc) is 2.09. The highest BCUT2D eigenvalue weighted by molar-refractivity contribution is 5.90. The summed E-state index contributed by atoms with van der Waals surface area (Å²) in [4.78, 5) is 15.4. The molecule has 1 aromatic heterocycles. The van der Waals surface area contributed by atoms with E-state index in [0.717, 1.165) is 11.3 Å². The number of rotatable bonds is 2. The molecule has 0 bridgehead atoms. The summed E-state index contributed by atoms with van der Waals surface area (Å²) in [7, 11) is 0. The molecule has 70 valence electrons. The number of carbonyl (C=O) groups is 1. The fraction of sp³-hybridized carbons (Fsp3) is 0.400. The van der Waals surface area contributed by atoms with Gasteiger partial charge in [0.2, 0.25) is 0 Å². The Hall–Kier alpha value is -1.38. The number of aromatic nitrogens is 1. The molecule has 0 aromatic carbocycles. The van der Waals surface area contributed by atoms with E-state index < -0.39 is 0 Å². The molecule has 0 spiro atoms. The predicted molar refractivity (Wildman–Crippen MR) is 49.7 cm³/mol. The quantitative estimate of drug-likeness (QED) is 0.650. The number of esters is 1. The van der Waals surface area contributed by atoms with Gasteiger partial charge in [-0.2, -0.15) is 0 Å². The van der Waals surface area contributed by atoms with Crippen molar-refractivity contribution in [2.24, 2.45) is 0 Å². The molecule has 1 rings (SSSR count). The normalized spacial score (nSPS) is 9.77. The summed E-state index contributed by atoms with van der Waals surface area (Å²) in [5.74, 6) is -0.273. The molecule has 0 saturated carbocycles. The Bertz CT molecular complexity index is 321. The first-order valence-corrected chi connectivity index (χ1v) is 4.25. The topological polar surface area (TPSA) is 39.2 Å². The average molecular weight is 179 g/mol. The molecule has 1 aromatic rings. The minimum atomic E-state index is -0.273. The van der Waals surface area contributed by atoms with Gasteiger partial charge in [-0.25, -0.2) is 4.79 Å². The van der Waals surface area contributed by atoms with Crippen molar-refractivity contribution in [3.63, 3.8) is 0 Å². The van der Waals surface area contributed by atoms with Gasteiger partial charge in [0.25, 0.3) is 0 Å². The molecule has 1 heterocycles. The molecular weight excluding hydrogens is 166 g/mol. The number of hydrogen-bond donors (Lipinski definition) is 0. The number of hydrogen-bond acceptors (Lipinski definition) is 3. The van der Waals surface area contributed by atoms with E-state index in [1.807, 2.05) is 13.8 Å². The maximum atomic E-state index is 11.4. The third kappa shape index (κ3) is 2.28. The van der Waals surface area contributed by atoms with E-state index in [1.54, 1.807) is 19.2 Å². The van der Waals surface area contributed by atoms with E-state index in [2.05, 4.69) is 4.98 Å². The number of ether oxygens (including phenoxy) is 1. The molecule has 0 radical (unpaired) electrons. The lowest BCUT2D eigenvalue weighted by Crippen LogP contribution is -2.07. The molecule has 0 N–H and O–H groups in total. The molecule has 0 unspecified atom stereocenters. The summed E-state index contributed by atoms with van der Waals surface area (Å²) in [5, 5.41) is 0. The second kappa shape index (κ2) is 4.03. The Morgan fingerprint density at radius 3 is 2.85 bits per heavy atom. The van der Waals surface area contributed by atoms with Crippen LogP contribution >= 0.6 is 0 Å². The first-order chi connectivity index (χ1) is 6.15. The maximum Gasteiger partial charge on any atom is 0.338 e. The predicted octanol–water partition coefficient (Wildman–Crippen LogP) is 1.88. The van der Waals surface area contributed by atoms with Crippen LogP contribution in [0.3, 0.4) is 0 Å². The summed E-state index contributed by atoms with van der Waals surface area (Å²) in [6.45, 7) is 5.89. The molecule has 0 atom stereocenters.